The number of fused-ring (bicyclic) bond motifs is 1. The van der Waals surface area contributed by atoms with Crippen LogP contribution >= 0.6 is 0 Å². The number of hydrogen-bond donors (Lipinski definition) is 1. The van der Waals surface area contributed by atoms with Crippen LogP contribution in [0.1, 0.15) is 35.6 Å². The van der Waals surface area contributed by atoms with Crippen LogP contribution in [-0.2, 0) is 4.79 Å². The minimum Gasteiger partial charge on any atom is -0.443 e. The lowest BCUT2D eigenvalue weighted by Gasteiger charge is -2.33. The number of nitrogens with one attached hydrogen (secondary N) is 1. The van der Waals surface area contributed by atoms with E-state index in [0.29, 0.717) is 29.3 Å². The Labute approximate surface area is 169 Å². The van der Waals surface area contributed by atoms with Gasteiger partial charge in [-0.2, -0.15) is 4.98 Å². The number of hydrogen-bond acceptors (Lipinski definition) is 5. The summed E-state index contributed by atoms with van der Waals surface area (Å²) in [5.74, 6) is 1.78. The third kappa shape index (κ3) is 3.69. The van der Waals surface area contributed by atoms with Crippen molar-refractivity contribution in [2.75, 3.05) is 23.3 Å². The summed E-state index contributed by atoms with van der Waals surface area (Å²) >= 11 is 0. The summed E-state index contributed by atoms with van der Waals surface area (Å²) in [6, 6.07) is 4.39. The van der Waals surface area contributed by atoms with Gasteiger partial charge in [-0.15, -0.1) is 0 Å². The number of amides is 1. The highest BCUT2D eigenvalue weighted by Gasteiger charge is 2.29. The Morgan fingerprint density at radius 3 is 2.79 bits per heavy atom. The Kier molecular flexibility index (Phi) is 4.98. The van der Waals surface area contributed by atoms with Crippen LogP contribution in [0.25, 0.3) is 11.1 Å². The molecule has 1 saturated heterocycles. The summed E-state index contributed by atoms with van der Waals surface area (Å²) in [6.45, 7) is 8.97. The van der Waals surface area contributed by atoms with Gasteiger partial charge in [0.1, 0.15) is 23.2 Å². The topological polar surface area (TPSA) is 71.3 Å². The maximum Gasteiger partial charge on any atom is 0.231 e. The first kappa shape index (κ1) is 19.4. The first-order valence-corrected chi connectivity index (χ1v) is 9.90. The van der Waals surface area contributed by atoms with Crippen molar-refractivity contribution in [3.05, 3.63) is 46.7 Å². The van der Waals surface area contributed by atoms with Crippen molar-refractivity contribution in [1.29, 1.82) is 0 Å². The fraction of sp³-hybridized carbons (Fsp3) is 0.409. The Morgan fingerprint density at radius 1 is 1.24 bits per heavy atom. The predicted molar refractivity (Wildman–Crippen MR) is 111 cm³/mol. The van der Waals surface area contributed by atoms with Crippen molar-refractivity contribution in [1.82, 2.24) is 9.97 Å². The van der Waals surface area contributed by atoms with Gasteiger partial charge in [0, 0.05) is 24.3 Å². The number of benzene rings is 1. The predicted octanol–water partition coefficient (Wildman–Crippen LogP) is 4.45. The van der Waals surface area contributed by atoms with Crippen LogP contribution in [0.5, 0.6) is 0 Å². The van der Waals surface area contributed by atoms with Gasteiger partial charge < -0.3 is 14.6 Å². The molecule has 1 unspecified atom stereocenters. The van der Waals surface area contributed by atoms with Gasteiger partial charge in [0.05, 0.1) is 11.3 Å². The molecule has 0 saturated carbocycles. The highest BCUT2D eigenvalue weighted by Crippen LogP contribution is 2.33. The van der Waals surface area contributed by atoms with E-state index >= 15 is 0 Å². The summed E-state index contributed by atoms with van der Waals surface area (Å²) in [5.41, 5.74) is 2.98. The lowest BCUT2D eigenvalue weighted by atomic mass is 9.96. The molecule has 6 nitrogen and oxygen atoms in total. The molecule has 0 radical (unpaired) electrons. The van der Waals surface area contributed by atoms with Crippen molar-refractivity contribution in [2.24, 2.45) is 5.92 Å². The van der Waals surface area contributed by atoms with Crippen LogP contribution in [0, 0.1) is 39.4 Å². The first-order valence-electron chi connectivity index (χ1n) is 9.90. The summed E-state index contributed by atoms with van der Waals surface area (Å²) in [5, 5.41) is 3.88. The number of anilines is 2. The molecule has 1 aromatic carbocycles. The zero-order valence-corrected chi connectivity index (χ0v) is 17.2. The van der Waals surface area contributed by atoms with Gasteiger partial charge in [-0.25, -0.2) is 9.37 Å². The highest BCUT2D eigenvalue weighted by molar-refractivity contribution is 5.94. The molecule has 3 heterocycles. The third-order valence-electron chi connectivity index (χ3n) is 5.66. The number of rotatable bonds is 3. The van der Waals surface area contributed by atoms with Crippen LogP contribution in [-0.4, -0.2) is 29.0 Å². The second kappa shape index (κ2) is 7.46. The van der Waals surface area contributed by atoms with Crippen LogP contribution in [0.15, 0.2) is 22.6 Å². The molecular weight excluding hydrogens is 371 g/mol. The molecule has 0 aliphatic carbocycles. The first-order chi connectivity index (χ1) is 13.8. The molecule has 3 aromatic rings. The number of piperidine rings is 1. The van der Waals surface area contributed by atoms with E-state index < -0.39 is 0 Å². The average molecular weight is 396 g/mol. The second-order valence-corrected chi connectivity index (χ2v) is 7.79. The third-order valence-corrected chi connectivity index (χ3v) is 5.66. The lowest BCUT2D eigenvalue weighted by molar-refractivity contribution is -0.120. The molecule has 2 aromatic heterocycles. The monoisotopic (exact) mass is 396 g/mol. The summed E-state index contributed by atoms with van der Waals surface area (Å²) in [4.78, 5) is 24.2. The molecule has 4 rings (SSSR count). The van der Waals surface area contributed by atoms with E-state index in [9.17, 15) is 9.18 Å². The van der Waals surface area contributed by atoms with Crippen LogP contribution in [0.2, 0.25) is 0 Å². The number of carbonyl (C=O) groups excluding carboxylic acids is 1. The molecule has 7 heteroatoms. The van der Waals surface area contributed by atoms with Crippen molar-refractivity contribution in [3.8, 4) is 0 Å². The fourth-order valence-electron chi connectivity index (χ4n) is 3.95. The Hall–Kier alpha value is -2.96. The average Bonchev–Trinajstić information content (AvgIpc) is 2.97. The van der Waals surface area contributed by atoms with E-state index in [2.05, 4.69) is 20.2 Å². The van der Waals surface area contributed by atoms with Gasteiger partial charge in [-0.3, -0.25) is 4.79 Å². The van der Waals surface area contributed by atoms with E-state index in [4.69, 9.17) is 4.42 Å². The van der Waals surface area contributed by atoms with Crippen molar-refractivity contribution < 1.29 is 13.6 Å². The highest BCUT2D eigenvalue weighted by atomic mass is 19.1. The van der Waals surface area contributed by atoms with Crippen molar-refractivity contribution in [2.45, 2.75) is 40.5 Å². The minimum atomic E-state index is -0.307. The molecule has 0 spiro atoms. The number of carbonyl (C=O) groups is 1. The zero-order chi connectivity index (χ0) is 20.7. The van der Waals surface area contributed by atoms with Gasteiger partial charge in [-0.05, 0) is 64.3 Å². The summed E-state index contributed by atoms with van der Waals surface area (Å²) < 4.78 is 19.1. The van der Waals surface area contributed by atoms with Crippen LogP contribution < -0.4 is 10.2 Å². The quantitative estimate of drug-likeness (QED) is 0.708. The molecule has 1 aliphatic rings. The van der Waals surface area contributed by atoms with E-state index in [1.807, 2.05) is 20.8 Å². The number of aryl methyl sites for hydroxylation is 4. The Balaban J connectivity index is 1.59. The maximum atomic E-state index is 13.3. The fourth-order valence-corrected chi connectivity index (χ4v) is 3.95. The van der Waals surface area contributed by atoms with Gasteiger partial charge in [0.25, 0.3) is 0 Å². The van der Waals surface area contributed by atoms with Gasteiger partial charge in [0.15, 0.2) is 0 Å². The molecule has 1 amide bonds. The van der Waals surface area contributed by atoms with Crippen molar-refractivity contribution >= 4 is 28.5 Å². The van der Waals surface area contributed by atoms with E-state index in [1.54, 1.807) is 13.0 Å². The summed E-state index contributed by atoms with van der Waals surface area (Å²) in [6.07, 6.45) is 1.69. The molecule has 29 heavy (non-hydrogen) atoms. The van der Waals surface area contributed by atoms with Gasteiger partial charge >= 0.3 is 0 Å². The van der Waals surface area contributed by atoms with Crippen molar-refractivity contribution in [3.63, 3.8) is 0 Å². The molecule has 152 valence electrons. The molecule has 0 bridgehead atoms. The molecule has 1 aliphatic heterocycles. The Morgan fingerprint density at radius 2 is 2.03 bits per heavy atom. The molecule has 1 fully saturated rings. The van der Waals surface area contributed by atoms with E-state index in [-0.39, 0.29) is 17.6 Å². The van der Waals surface area contributed by atoms with Crippen LogP contribution in [0.4, 0.5) is 15.9 Å². The molecular formula is C22H25FN4O2. The number of aromatic nitrogens is 2. The normalized spacial score (nSPS) is 17.0. The van der Waals surface area contributed by atoms with Crippen LogP contribution in [0.3, 0.4) is 0 Å². The smallest absolute Gasteiger partial charge is 0.231 e. The summed E-state index contributed by atoms with van der Waals surface area (Å²) in [7, 11) is 0. The van der Waals surface area contributed by atoms with E-state index in [0.717, 1.165) is 41.9 Å². The zero-order valence-electron chi connectivity index (χ0n) is 17.2. The number of halogens is 1. The minimum absolute atomic E-state index is 0.0495. The largest absolute Gasteiger partial charge is 0.443 e. The number of furan rings is 1. The maximum absolute atomic E-state index is 13.3. The number of nitrogens with zero attached hydrogens (tertiary/aromatic N) is 3. The molecule has 1 N–H and O–H groups in total. The SMILES string of the molecule is Cc1nc(N2CCCC(C(=O)Nc3ccc(F)cc3C)C2)c2c(C)c(C)oc2n1. The van der Waals surface area contributed by atoms with Gasteiger partial charge in [-0.1, -0.05) is 0 Å². The standard InChI is InChI=1S/C22H25FN4O2/c1-12-10-17(23)7-8-18(12)26-21(28)16-6-5-9-27(11-16)20-19-13(2)14(3)29-22(19)25-15(4)24-20/h7-8,10,16H,5-6,9,11H2,1-4H3,(H,26,28). The Bertz CT molecular complexity index is 1090. The van der Waals surface area contributed by atoms with E-state index in [1.165, 1.54) is 12.1 Å². The lowest BCUT2D eigenvalue weighted by Crippen LogP contribution is -2.41. The molecule has 1 atom stereocenters. The second-order valence-electron chi connectivity index (χ2n) is 7.79. The van der Waals surface area contributed by atoms with Gasteiger partial charge in [0.2, 0.25) is 11.6 Å².